The molecule has 7 heteroatoms. The van der Waals surface area contributed by atoms with Crippen LogP contribution in [0.5, 0.6) is 0 Å². The average Bonchev–Trinajstić information content (AvgIpc) is 3.09. The third kappa shape index (κ3) is 6.12. The quantitative estimate of drug-likeness (QED) is 0.570. The fraction of sp³-hybridized carbons (Fsp3) is 0.478. The van der Waals surface area contributed by atoms with Crippen LogP contribution in [0.15, 0.2) is 36.4 Å². The molecule has 1 fully saturated rings. The Balaban J connectivity index is 1.74. The molecule has 1 aliphatic rings. The van der Waals surface area contributed by atoms with E-state index in [9.17, 15) is 14.0 Å². The summed E-state index contributed by atoms with van der Waals surface area (Å²) in [7, 11) is 1.59. The van der Waals surface area contributed by atoms with E-state index in [2.05, 4.69) is 0 Å². The molecule has 5 nitrogen and oxygen atoms in total. The van der Waals surface area contributed by atoms with Crippen LogP contribution in [0.2, 0.25) is 0 Å². The van der Waals surface area contributed by atoms with Gasteiger partial charge in [0.2, 0.25) is 11.8 Å². The van der Waals surface area contributed by atoms with Gasteiger partial charge in [0.25, 0.3) is 0 Å². The number of halogens is 1. The number of carbonyl (C=O) groups excluding carboxylic acids is 2. The molecule has 1 aromatic heterocycles. The van der Waals surface area contributed by atoms with Crippen LogP contribution in [0.3, 0.4) is 0 Å². The Morgan fingerprint density at radius 3 is 2.40 bits per heavy atom. The van der Waals surface area contributed by atoms with Crippen molar-refractivity contribution in [1.82, 2.24) is 9.80 Å². The summed E-state index contributed by atoms with van der Waals surface area (Å²) in [6.45, 7) is 3.69. The number of ether oxygens (including phenoxy) is 1. The molecule has 1 heterocycles. The number of carbonyl (C=O) groups is 2. The Morgan fingerprint density at radius 2 is 1.83 bits per heavy atom. The van der Waals surface area contributed by atoms with E-state index in [0.717, 1.165) is 29.7 Å². The summed E-state index contributed by atoms with van der Waals surface area (Å²) in [5.74, 6) is -0.350. The summed E-state index contributed by atoms with van der Waals surface area (Å²) in [5.41, 5.74) is 0.854. The summed E-state index contributed by atoms with van der Waals surface area (Å²) in [6, 6.07) is 10.2. The van der Waals surface area contributed by atoms with Gasteiger partial charge in [-0.25, -0.2) is 4.39 Å². The summed E-state index contributed by atoms with van der Waals surface area (Å²) in [5, 5.41) is 0. The lowest BCUT2D eigenvalue weighted by Gasteiger charge is -2.33. The maximum Gasteiger partial charge on any atom is 0.242 e. The number of benzene rings is 1. The first-order valence-electron chi connectivity index (χ1n) is 10.3. The molecule has 0 unspecified atom stereocenters. The topological polar surface area (TPSA) is 49.9 Å². The van der Waals surface area contributed by atoms with Gasteiger partial charge in [-0.05, 0) is 49.6 Å². The summed E-state index contributed by atoms with van der Waals surface area (Å²) < 4.78 is 18.4. The minimum atomic E-state index is -0.303. The standard InChI is InChI=1S/C23H29FN2O3S/c1-17-6-11-21(30-17)15-26(14-18-7-9-20(24)10-8-18)22(27)16-25(12-13-29-2)23(28)19-4-3-5-19/h6-11,19H,3-5,12-16H2,1-2H3. The zero-order valence-corrected chi connectivity index (χ0v) is 18.4. The van der Waals surface area contributed by atoms with E-state index in [1.165, 1.54) is 17.0 Å². The van der Waals surface area contributed by atoms with Gasteiger partial charge in [-0.15, -0.1) is 11.3 Å². The molecule has 30 heavy (non-hydrogen) atoms. The monoisotopic (exact) mass is 432 g/mol. The first-order valence-corrected chi connectivity index (χ1v) is 11.1. The Kier molecular flexibility index (Phi) is 7.99. The highest BCUT2D eigenvalue weighted by Gasteiger charge is 2.31. The molecule has 1 aromatic carbocycles. The Hall–Kier alpha value is -2.25. The number of hydrogen-bond donors (Lipinski definition) is 0. The molecular formula is C23H29FN2O3S. The molecule has 1 saturated carbocycles. The van der Waals surface area contributed by atoms with Crippen molar-refractivity contribution in [2.45, 2.75) is 39.3 Å². The van der Waals surface area contributed by atoms with Gasteiger partial charge in [-0.3, -0.25) is 9.59 Å². The van der Waals surface area contributed by atoms with Crippen molar-refractivity contribution in [2.24, 2.45) is 5.92 Å². The van der Waals surface area contributed by atoms with Gasteiger partial charge in [0.1, 0.15) is 5.82 Å². The van der Waals surface area contributed by atoms with Gasteiger partial charge in [0.05, 0.1) is 19.7 Å². The van der Waals surface area contributed by atoms with Gasteiger partial charge in [-0.2, -0.15) is 0 Å². The second-order valence-corrected chi connectivity index (χ2v) is 9.14. The van der Waals surface area contributed by atoms with Crippen molar-refractivity contribution in [3.05, 3.63) is 57.5 Å². The van der Waals surface area contributed by atoms with Crippen molar-refractivity contribution < 1.29 is 18.7 Å². The molecule has 162 valence electrons. The van der Waals surface area contributed by atoms with Gasteiger partial charge in [-0.1, -0.05) is 18.6 Å². The van der Waals surface area contributed by atoms with E-state index < -0.39 is 0 Å². The molecule has 0 atom stereocenters. The number of rotatable bonds is 10. The van der Waals surface area contributed by atoms with Crippen LogP contribution in [0.1, 0.15) is 34.6 Å². The SMILES string of the molecule is COCCN(CC(=O)N(Cc1ccc(F)cc1)Cc1ccc(C)s1)C(=O)C1CCC1. The zero-order valence-electron chi connectivity index (χ0n) is 17.6. The van der Waals surface area contributed by atoms with Crippen molar-refractivity contribution in [1.29, 1.82) is 0 Å². The van der Waals surface area contributed by atoms with Gasteiger partial charge in [0, 0.05) is 35.9 Å². The van der Waals surface area contributed by atoms with E-state index in [4.69, 9.17) is 4.74 Å². The largest absolute Gasteiger partial charge is 0.383 e. The molecular weight excluding hydrogens is 403 g/mol. The highest BCUT2D eigenvalue weighted by Crippen LogP contribution is 2.28. The normalized spacial score (nSPS) is 13.7. The number of nitrogens with zero attached hydrogens (tertiary/aromatic N) is 2. The van der Waals surface area contributed by atoms with Crippen molar-refractivity contribution in [3.63, 3.8) is 0 Å². The summed E-state index contributed by atoms with van der Waals surface area (Å²) >= 11 is 1.65. The smallest absolute Gasteiger partial charge is 0.242 e. The zero-order chi connectivity index (χ0) is 21.5. The maximum atomic E-state index is 13.3. The Labute approximate surface area is 181 Å². The molecule has 2 amide bonds. The van der Waals surface area contributed by atoms with E-state index in [0.29, 0.717) is 26.2 Å². The van der Waals surface area contributed by atoms with Crippen molar-refractivity contribution in [3.8, 4) is 0 Å². The minimum absolute atomic E-state index is 0.0279. The van der Waals surface area contributed by atoms with Crippen LogP contribution in [-0.4, -0.2) is 48.4 Å². The highest BCUT2D eigenvalue weighted by atomic mass is 32.1. The lowest BCUT2D eigenvalue weighted by molar-refractivity contribution is -0.145. The van der Waals surface area contributed by atoms with Crippen molar-refractivity contribution >= 4 is 23.2 Å². The Morgan fingerprint density at radius 1 is 1.10 bits per heavy atom. The molecule has 3 rings (SSSR count). The van der Waals surface area contributed by atoms with Gasteiger partial charge >= 0.3 is 0 Å². The van der Waals surface area contributed by atoms with Gasteiger partial charge < -0.3 is 14.5 Å². The van der Waals surface area contributed by atoms with Crippen molar-refractivity contribution in [2.75, 3.05) is 26.8 Å². The molecule has 1 aliphatic carbocycles. The molecule has 0 saturated heterocycles. The first-order chi connectivity index (χ1) is 14.5. The van der Waals surface area contributed by atoms with Crippen LogP contribution >= 0.6 is 11.3 Å². The summed E-state index contributed by atoms with van der Waals surface area (Å²) in [6.07, 6.45) is 2.85. The highest BCUT2D eigenvalue weighted by molar-refractivity contribution is 7.11. The Bertz CT molecular complexity index is 848. The molecule has 2 aromatic rings. The van der Waals surface area contributed by atoms with E-state index >= 15 is 0 Å². The van der Waals surface area contributed by atoms with Crippen LogP contribution in [-0.2, 0) is 27.4 Å². The first kappa shape index (κ1) is 22.4. The number of methoxy groups -OCH3 is 1. The number of aryl methyl sites for hydroxylation is 1. The van der Waals surface area contributed by atoms with E-state index in [1.807, 2.05) is 19.1 Å². The van der Waals surface area contributed by atoms with Crippen LogP contribution < -0.4 is 0 Å². The lowest BCUT2D eigenvalue weighted by atomic mass is 9.84. The molecule has 0 N–H and O–H groups in total. The maximum absolute atomic E-state index is 13.3. The third-order valence-corrected chi connectivity index (χ3v) is 6.43. The predicted octanol–water partition coefficient (Wildman–Crippen LogP) is 4.00. The molecule has 0 bridgehead atoms. The fourth-order valence-corrected chi connectivity index (χ4v) is 4.35. The molecule has 0 aliphatic heterocycles. The van der Waals surface area contributed by atoms with Gasteiger partial charge in [0.15, 0.2) is 0 Å². The molecule has 0 radical (unpaired) electrons. The van der Waals surface area contributed by atoms with E-state index in [-0.39, 0.29) is 30.1 Å². The van der Waals surface area contributed by atoms with Crippen LogP contribution in [0, 0.1) is 18.7 Å². The number of thiophene rings is 1. The number of amides is 2. The molecule has 0 spiro atoms. The lowest BCUT2D eigenvalue weighted by Crippen LogP contribution is -2.46. The summed E-state index contributed by atoms with van der Waals surface area (Å²) in [4.78, 5) is 31.7. The predicted molar refractivity (Wildman–Crippen MR) is 116 cm³/mol. The average molecular weight is 433 g/mol. The number of hydrogen-bond acceptors (Lipinski definition) is 4. The fourth-order valence-electron chi connectivity index (χ4n) is 3.45. The van der Waals surface area contributed by atoms with Crippen LogP contribution in [0.25, 0.3) is 0 Å². The van der Waals surface area contributed by atoms with Crippen LogP contribution in [0.4, 0.5) is 4.39 Å². The second-order valence-electron chi connectivity index (χ2n) is 7.77. The third-order valence-electron chi connectivity index (χ3n) is 5.44. The minimum Gasteiger partial charge on any atom is -0.383 e. The second kappa shape index (κ2) is 10.7. The van der Waals surface area contributed by atoms with E-state index in [1.54, 1.807) is 40.4 Å².